The molecule has 1 N–H and O–H groups in total. The number of aromatic nitrogens is 1. The van der Waals surface area contributed by atoms with Crippen molar-refractivity contribution in [1.82, 2.24) is 5.16 Å². The van der Waals surface area contributed by atoms with E-state index in [2.05, 4.69) is 10.5 Å². The van der Waals surface area contributed by atoms with Crippen molar-refractivity contribution in [3.63, 3.8) is 0 Å². The van der Waals surface area contributed by atoms with Crippen LogP contribution in [0.2, 0.25) is 0 Å². The molecule has 1 aromatic heterocycles. The maximum Gasteiger partial charge on any atom is 0.224 e. The van der Waals surface area contributed by atoms with Crippen LogP contribution >= 0.6 is 0 Å². The van der Waals surface area contributed by atoms with Gasteiger partial charge < -0.3 is 19.3 Å². The second kappa shape index (κ2) is 8.35. The van der Waals surface area contributed by atoms with Crippen LogP contribution in [0.3, 0.4) is 0 Å². The third-order valence-electron chi connectivity index (χ3n) is 4.01. The molecule has 0 aliphatic heterocycles. The SMILES string of the molecule is COc1cc(NC(=O)CCc2cnoc2-c2ccc(F)cc2)cc(OC)c1. The lowest BCUT2D eigenvalue weighted by atomic mass is 10.1. The molecule has 0 unspecified atom stereocenters. The molecule has 0 saturated carbocycles. The molecule has 0 atom stereocenters. The van der Waals surface area contributed by atoms with E-state index in [1.54, 1.807) is 50.7 Å². The summed E-state index contributed by atoms with van der Waals surface area (Å²) in [5.74, 6) is 1.21. The number of nitrogens with one attached hydrogen (secondary N) is 1. The zero-order valence-electron chi connectivity index (χ0n) is 15.0. The van der Waals surface area contributed by atoms with Crippen molar-refractivity contribution in [2.45, 2.75) is 12.8 Å². The highest BCUT2D eigenvalue weighted by Gasteiger charge is 2.13. The predicted octanol–water partition coefficient (Wildman–Crippen LogP) is 4.07. The number of carbonyl (C=O) groups is 1. The van der Waals surface area contributed by atoms with Gasteiger partial charge in [0, 0.05) is 41.4 Å². The lowest BCUT2D eigenvalue weighted by molar-refractivity contribution is -0.116. The second-order valence-electron chi connectivity index (χ2n) is 5.84. The number of ether oxygens (including phenoxy) is 2. The molecule has 0 saturated heterocycles. The van der Waals surface area contributed by atoms with Crippen molar-refractivity contribution in [2.24, 2.45) is 0 Å². The minimum absolute atomic E-state index is 0.170. The molecule has 1 heterocycles. The molecule has 0 fully saturated rings. The largest absolute Gasteiger partial charge is 0.497 e. The van der Waals surface area contributed by atoms with Gasteiger partial charge in [-0.3, -0.25) is 4.79 Å². The van der Waals surface area contributed by atoms with Crippen molar-refractivity contribution in [3.05, 3.63) is 60.0 Å². The minimum Gasteiger partial charge on any atom is -0.497 e. The first kappa shape index (κ1) is 18.4. The number of amides is 1. The topological polar surface area (TPSA) is 73.6 Å². The molecule has 0 aliphatic rings. The van der Waals surface area contributed by atoms with E-state index in [0.717, 1.165) is 5.56 Å². The highest BCUT2D eigenvalue weighted by Crippen LogP contribution is 2.27. The van der Waals surface area contributed by atoms with Crippen LogP contribution in [0.1, 0.15) is 12.0 Å². The number of nitrogens with zero attached hydrogens (tertiary/aromatic N) is 1. The molecule has 6 nitrogen and oxygen atoms in total. The van der Waals surface area contributed by atoms with Gasteiger partial charge in [-0.2, -0.15) is 0 Å². The van der Waals surface area contributed by atoms with E-state index in [9.17, 15) is 9.18 Å². The summed E-state index contributed by atoms with van der Waals surface area (Å²) in [6, 6.07) is 11.1. The van der Waals surface area contributed by atoms with Gasteiger partial charge in [-0.25, -0.2) is 4.39 Å². The summed E-state index contributed by atoms with van der Waals surface area (Å²) in [6.45, 7) is 0. The number of benzene rings is 2. The first-order valence-electron chi connectivity index (χ1n) is 8.31. The molecule has 2 aromatic carbocycles. The summed E-state index contributed by atoms with van der Waals surface area (Å²) in [6.07, 6.45) is 2.23. The van der Waals surface area contributed by atoms with E-state index in [4.69, 9.17) is 14.0 Å². The Kier molecular flexibility index (Phi) is 5.71. The van der Waals surface area contributed by atoms with Gasteiger partial charge >= 0.3 is 0 Å². The van der Waals surface area contributed by atoms with Gasteiger partial charge in [-0.05, 0) is 30.7 Å². The lowest BCUT2D eigenvalue weighted by Crippen LogP contribution is -2.12. The Labute approximate surface area is 155 Å². The molecule has 3 rings (SSSR count). The van der Waals surface area contributed by atoms with Crippen LogP contribution in [0.15, 0.2) is 53.2 Å². The van der Waals surface area contributed by atoms with Crippen molar-refractivity contribution in [2.75, 3.05) is 19.5 Å². The van der Waals surface area contributed by atoms with Crippen molar-refractivity contribution >= 4 is 11.6 Å². The summed E-state index contributed by atoms with van der Waals surface area (Å²) in [4.78, 5) is 12.3. The van der Waals surface area contributed by atoms with Gasteiger partial charge in [0.05, 0.1) is 20.4 Å². The fourth-order valence-corrected chi connectivity index (χ4v) is 2.63. The van der Waals surface area contributed by atoms with Gasteiger partial charge in [0.2, 0.25) is 5.91 Å². The second-order valence-corrected chi connectivity index (χ2v) is 5.84. The average molecular weight is 370 g/mol. The van der Waals surface area contributed by atoms with Gasteiger partial charge in [0.25, 0.3) is 0 Å². The Morgan fingerprint density at radius 2 is 1.78 bits per heavy atom. The maximum atomic E-state index is 13.1. The summed E-state index contributed by atoms with van der Waals surface area (Å²) >= 11 is 0. The van der Waals surface area contributed by atoms with Crippen LogP contribution in [0, 0.1) is 5.82 Å². The average Bonchev–Trinajstić information content (AvgIpc) is 3.15. The molecule has 7 heteroatoms. The summed E-state index contributed by atoms with van der Waals surface area (Å²) in [5.41, 5.74) is 2.07. The Morgan fingerprint density at radius 3 is 2.41 bits per heavy atom. The summed E-state index contributed by atoms with van der Waals surface area (Å²) in [5, 5.41) is 6.62. The number of aryl methyl sites for hydroxylation is 1. The van der Waals surface area contributed by atoms with Crippen LogP contribution in [0.4, 0.5) is 10.1 Å². The number of hydrogen-bond acceptors (Lipinski definition) is 5. The number of anilines is 1. The van der Waals surface area contributed by atoms with Crippen LogP contribution in [-0.2, 0) is 11.2 Å². The fraction of sp³-hybridized carbons (Fsp3) is 0.200. The smallest absolute Gasteiger partial charge is 0.224 e. The first-order valence-corrected chi connectivity index (χ1v) is 8.31. The molecule has 0 bridgehead atoms. The zero-order chi connectivity index (χ0) is 19.2. The normalized spacial score (nSPS) is 10.5. The van der Waals surface area contributed by atoms with Gasteiger partial charge in [-0.15, -0.1) is 0 Å². The van der Waals surface area contributed by atoms with E-state index in [1.807, 2.05) is 0 Å². The van der Waals surface area contributed by atoms with Crippen molar-refractivity contribution in [3.8, 4) is 22.8 Å². The Morgan fingerprint density at radius 1 is 1.11 bits per heavy atom. The highest BCUT2D eigenvalue weighted by molar-refractivity contribution is 5.91. The third kappa shape index (κ3) is 4.63. The van der Waals surface area contributed by atoms with E-state index in [-0.39, 0.29) is 18.1 Å². The minimum atomic E-state index is -0.326. The molecule has 0 radical (unpaired) electrons. The number of methoxy groups -OCH3 is 2. The number of hydrogen-bond donors (Lipinski definition) is 1. The third-order valence-corrected chi connectivity index (χ3v) is 4.01. The van der Waals surface area contributed by atoms with Crippen molar-refractivity contribution < 1.29 is 23.2 Å². The molecular formula is C20H19FN2O4. The first-order chi connectivity index (χ1) is 13.1. The molecule has 0 spiro atoms. The highest BCUT2D eigenvalue weighted by atomic mass is 19.1. The van der Waals surface area contributed by atoms with Gasteiger partial charge in [-0.1, -0.05) is 5.16 Å². The molecule has 1 amide bonds. The van der Waals surface area contributed by atoms with E-state index < -0.39 is 0 Å². The van der Waals surface area contributed by atoms with E-state index in [0.29, 0.717) is 34.9 Å². The standard InChI is InChI=1S/C20H19FN2O4/c1-25-17-9-16(10-18(11-17)26-2)23-19(24)8-5-14-12-22-27-20(14)13-3-6-15(21)7-4-13/h3-4,6-7,9-12H,5,8H2,1-2H3,(H,23,24). The number of rotatable bonds is 7. The Bertz CT molecular complexity index is 900. The molecule has 27 heavy (non-hydrogen) atoms. The Hall–Kier alpha value is -3.35. The van der Waals surface area contributed by atoms with Crippen LogP contribution < -0.4 is 14.8 Å². The van der Waals surface area contributed by atoms with Gasteiger partial charge in [0.15, 0.2) is 5.76 Å². The fourth-order valence-electron chi connectivity index (χ4n) is 2.63. The Balaban J connectivity index is 1.65. The van der Waals surface area contributed by atoms with Crippen LogP contribution in [0.25, 0.3) is 11.3 Å². The quantitative estimate of drug-likeness (QED) is 0.679. The monoisotopic (exact) mass is 370 g/mol. The molecular weight excluding hydrogens is 351 g/mol. The molecule has 3 aromatic rings. The van der Waals surface area contributed by atoms with E-state index in [1.165, 1.54) is 12.1 Å². The number of carbonyl (C=O) groups excluding carboxylic acids is 1. The lowest BCUT2D eigenvalue weighted by Gasteiger charge is -2.10. The summed E-state index contributed by atoms with van der Waals surface area (Å²) in [7, 11) is 3.09. The number of halogens is 1. The predicted molar refractivity (Wildman–Crippen MR) is 98.4 cm³/mol. The van der Waals surface area contributed by atoms with Gasteiger partial charge in [0.1, 0.15) is 17.3 Å². The van der Waals surface area contributed by atoms with Crippen LogP contribution in [-0.4, -0.2) is 25.3 Å². The summed E-state index contributed by atoms with van der Waals surface area (Å²) < 4.78 is 28.7. The van der Waals surface area contributed by atoms with Crippen LogP contribution in [0.5, 0.6) is 11.5 Å². The molecule has 140 valence electrons. The maximum absolute atomic E-state index is 13.1. The molecule has 0 aliphatic carbocycles. The zero-order valence-corrected chi connectivity index (χ0v) is 15.0. The van der Waals surface area contributed by atoms with Crippen molar-refractivity contribution in [1.29, 1.82) is 0 Å². The van der Waals surface area contributed by atoms with E-state index >= 15 is 0 Å².